The van der Waals surface area contributed by atoms with Crippen molar-refractivity contribution in [3.63, 3.8) is 0 Å². The van der Waals surface area contributed by atoms with Gasteiger partial charge in [-0.1, -0.05) is 23.2 Å². The van der Waals surface area contributed by atoms with E-state index in [1.807, 2.05) is 16.8 Å². The van der Waals surface area contributed by atoms with E-state index in [0.717, 1.165) is 49.6 Å². The summed E-state index contributed by atoms with van der Waals surface area (Å²) in [7, 11) is 0. The summed E-state index contributed by atoms with van der Waals surface area (Å²) < 4.78 is 17.2. The number of likely N-dealkylation sites (tertiary alicyclic amines) is 1. The van der Waals surface area contributed by atoms with E-state index in [0.29, 0.717) is 46.3 Å². The lowest BCUT2D eigenvalue weighted by Crippen LogP contribution is -2.49. The molecule has 2 N–H and O–H groups in total. The number of halogens is 3. The summed E-state index contributed by atoms with van der Waals surface area (Å²) in [5.41, 5.74) is 2.13. The molecule has 0 radical (unpaired) electrons. The highest BCUT2D eigenvalue weighted by Gasteiger charge is 2.38. The number of aliphatic hydroxyl groups is 1. The third-order valence-corrected chi connectivity index (χ3v) is 8.16. The molecule has 7 nitrogen and oxygen atoms in total. The van der Waals surface area contributed by atoms with Gasteiger partial charge in [-0.25, -0.2) is 19.0 Å². The molecule has 180 valence electrons. The largest absolute Gasteiger partial charge is 0.391 e. The molecule has 2 aromatic heterocycles. The fourth-order valence-corrected chi connectivity index (χ4v) is 6.05. The van der Waals surface area contributed by atoms with Gasteiger partial charge < -0.3 is 10.4 Å². The van der Waals surface area contributed by atoms with Gasteiger partial charge in [-0.05, 0) is 62.8 Å². The number of piperidine rings is 1. The summed E-state index contributed by atoms with van der Waals surface area (Å²) >= 11 is 13.1. The van der Waals surface area contributed by atoms with Crippen LogP contribution in [0.5, 0.6) is 0 Å². The number of benzene rings is 1. The number of hydrogen-bond donors (Lipinski definition) is 2. The van der Waals surface area contributed by atoms with E-state index in [2.05, 4.69) is 25.3 Å². The van der Waals surface area contributed by atoms with Crippen molar-refractivity contribution in [3.05, 3.63) is 40.3 Å². The van der Waals surface area contributed by atoms with E-state index >= 15 is 4.39 Å². The minimum atomic E-state index is -1.05. The number of nitrogens with one attached hydrogen (secondary N) is 1. The summed E-state index contributed by atoms with van der Waals surface area (Å²) in [5.74, 6) is 0.101. The lowest BCUT2D eigenvalue weighted by atomic mass is 9.86. The molecule has 2 aliphatic carbocycles. The Morgan fingerprint density at radius 1 is 1.09 bits per heavy atom. The van der Waals surface area contributed by atoms with Gasteiger partial charge in [0.15, 0.2) is 5.15 Å². The number of nitrogens with zero attached hydrogens (tertiary/aromatic N) is 5. The van der Waals surface area contributed by atoms with Gasteiger partial charge in [-0.2, -0.15) is 5.10 Å². The third kappa shape index (κ3) is 4.15. The predicted molar refractivity (Wildman–Crippen MR) is 131 cm³/mol. The first-order valence-electron chi connectivity index (χ1n) is 12.0. The molecule has 1 aliphatic heterocycles. The number of hydrogen-bond acceptors (Lipinski definition) is 6. The van der Waals surface area contributed by atoms with Gasteiger partial charge in [0.1, 0.15) is 6.17 Å². The molecule has 6 rings (SSSR count). The Kier molecular flexibility index (Phi) is 5.88. The molecule has 1 saturated heterocycles. The second kappa shape index (κ2) is 8.90. The highest BCUT2D eigenvalue weighted by Crippen LogP contribution is 2.40. The Hall–Kier alpha value is -2.00. The van der Waals surface area contributed by atoms with Gasteiger partial charge in [-0.15, -0.1) is 0 Å². The number of rotatable bonds is 5. The van der Waals surface area contributed by atoms with Gasteiger partial charge in [-0.3, -0.25) is 4.90 Å². The summed E-state index contributed by atoms with van der Waals surface area (Å²) in [5, 5.41) is 19.6. The molecular formula is C24H27Cl2FN6O. The molecule has 2 saturated carbocycles. The Labute approximate surface area is 207 Å². The summed E-state index contributed by atoms with van der Waals surface area (Å²) in [6.45, 7) is 1.07. The van der Waals surface area contributed by atoms with Crippen LogP contribution >= 0.6 is 23.2 Å². The maximum absolute atomic E-state index is 15.4. The average Bonchev–Trinajstić information content (AvgIpc) is 3.47. The molecular weight excluding hydrogens is 478 g/mol. The van der Waals surface area contributed by atoms with E-state index in [-0.39, 0.29) is 18.1 Å². The van der Waals surface area contributed by atoms with E-state index in [1.165, 1.54) is 0 Å². The first-order chi connectivity index (χ1) is 16.5. The van der Waals surface area contributed by atoms with Crippen LogP contribution in [0.25, 0.3) is 10.9 Å². The second-order valence-corrected chi connectivity index (χ2v) is 10.5. The fourth-order valence-electron chi connectivity index (χ4n) is 5.46. The molecule has 4 atom stereocenters. The van der Waals surface area contributed by atoms with Crippen molar-refractivity contribution in [2.45, 2.75) is 68.8 Å². The van der Waals surface area contributed by atoms with Crippen LogP contribution in [0.15, 0.2) is 24.5 Å². The van der Waals surface area contributed by atoms with Crippen LogP contribution in [0.2, 0.25) is 10.2 Å². The maximum Gasteiger partial charge on any atom is 0.227 e. The standard InChI is InChI=1S/C24H27Cl2FN6O/c25-17-8-13-10-28-24(31-20-11-29-33(23(20)26)14-4-5-14)30-19(13)9-16(17)15-6-7-32(12-18(15)27)21-2-1-3-22(21)34/h8-11,14-15,18,21-22,34H,1-7,12H2,(H,28,30,31)/t15?,18-,21?,22?/m0/s1. The molecule has 34 heavy (non-hydrogen) atoms. The highest BCUT2D eigenvalue weighted by atomic mass is 35.5. The fraction of sp³-hybridized carbons (Fsp3) is 0.542. The Bertz CT molecular complexity index is 1220. The minimum absolute atomic E-state index is 0.0729. The molecule has 1 aromatic carbocycles. The Balaban J connectivity index is 1.23. The van der Waals surface area contributed by atoms with Crippen molar-refractivity contribution in [3.8, 4) is 0 Å². The van der Waals surface area contributed by atoms with Gasteiger partial charge in [0.25, 0.3) is 0 Å². The SMILES string of the molecule is OC1CCCC1N1CCC(c2cc3nc(Nc4cnn(C5CC5)c4Cl)ncc3cc2Cl)[C@@H](F)C1. The van der Waals surface area contributed by atoms with Crippen molar-refractivity contribution in [2.24, 2.45) is 0 Å². The summed E-state index contributed by atoms with van der Waals surface area (Å²) in [4.78, 5) is 11.2. The Morgan fingerprint density at radius 2 is 1.94 bits per heavy atom. The van der Waals surface area contributed by atoms with Gasteiger partial charge >= 0.3 is 0 Å². The maximum atomic E-state index is 15.4. The molecule has 10 heteroatoms. The van der Waals surface area contributed by atoms with E-state index in [9.17, 15) is 5.11 Å². The van der Waals surface area contributed by atoms with E-state index in [4.69, 9.17) is 23.2 Å². The van der Waals surface area contributed by atoms with Gasteiger partial charge in [0.05, 0.1) is 29.5 Å². The lowest BCUT2D eigenvalue weighted by Gasteiger charge is -2.39. The van der Waals surface area contributed by atoms with Crippen LogP contribution in [0.3, 0.4) is 0 Å². The zero-order valence-corrected chi connectivity index (χ0v) is 20.2. The van der Waals surface area contributed by atoms with Crippen molar-refractivity contribution >= 4 is 45.7 Å². The lowest BCUT2D eigenvalue weighted by molar-refractivity contribution is 0.0271. The van der Waals surface area contributed by atoms with Crippen LogP contribution in [0.4, 0.5) is 16.0 Å². The molecule has 3 fully saturated rings. The van der Waals surface area contributed by atoms with Crippen LogP contribution in [0, 0.1) is 0 Å². The van der Waals surface area contributed by atoms with Crippen LogP contribution in [0.1, 0.15) is 56.0 Å². The quantitative estimate of drug-likeness (QED) is 0.493. The highest BCUT2D eigenvalue weighted by molar-refractivity contribution is 6.32. The first kappa shape index (κ1) is 22.5. The molecule has 3 unspecified atom stereocenters. The molecule has 0 amide bonds. The second-order valence-electron chi connectivity index (χ2n) is 9.75. The van der Waals surface area contributed by atoms with E-state index < -0.39 is 6.17 Å². The number of anilines is 2. The zero-order chi connectivity index (χ0) is 23.4. The third-order valence-electron chi connectivity index (χ3n) is 7.46. The number of aromatic nitrogens is 4. The normalized spacial score (nSPS) is 28.0. The topological polar surface area (TPSA) is 79.1 Å². The van der Waals surface area contributed by atoms with Crippen molar-refractivity contribution in [1.82, 2.24) is 24.6 Å². The van der Waals surface area contributed by atoms with Gasteiger partial charge in [0, 0.05) is 35.1 Å². The molecule has 3 aromatic rings. The van der Waals surface area contributed by atoms with Crippen molar-refractivity contribution < 1.29 is 9.50 Å². The van der Waals surface area contributed by atoms with Crippen LogP contribution < -0.4 is 5.32 Å². The van der Waals surface area contributed by atoms with Crippen LogP contribution in [-0.4, -0.2) is 61.2 Å². The monoisotopic (exact) mass is 504 g/mol. The summed E-state index contributed by atoms with van der Waals surface area (Å²) in [6.07, 6.45) is 7.57. The van der Waals surface area contributed by atoms with E-state index in [1.54, 1.807) is 12.4 Å². The smallest absolute Gasteiger partial charge is 0.227 e. The van der Waals surface area contributed by atoms with Gasteiger partial charge in [0.2, 0.25) is 5.95 Å². The zero-order valence-electron chi connectivity index (χ0n) is 18.7. The summed E-state index contributed by atoms with van der Waals surface area (Å²) in [6, 6.07) is 4.15. The Morgan fingerprint density at radius 3 is 2.68 bits per heavy atom. The van der Waals surface area contributed by atoms with Crippen molar-refractivity contribution in [1.29, 1.82) is 0 Å². The molecule has 0 bridgehead atoms. The average molecular weight is 505 g/mol. The number of alkyl halides is 1. The first-order valence-corrected chi connectivity index (χ1v) is 12.8. The predicted octanol–water partition coefficient (Wildman–Crippen LogP) is 5.25. The van der Waals surface area contributed by atoms with Crippen molar-refractivity contribution in [2.75, 3.05) is 18.4 Å². The van der Waals surface area contributed by atoms with Crippen LogP contribution in [-0.2, 0) is 0 Å². The molecule has 3 heterocycles. The molecule has 3 aliphatic rings. The molecule has 0 spiro atoms. The minimum Gasteiger partial charge on any atom is -0.391 e. The number of fused-ring (bicyclic) bond motifs is 1. The number of aliphatic hydroxyl groups excluding tert-OH is 1.